The molecule has 0 fully saturated rings. The second kappa shape index (κ2) is 2.92. The molecule has 0 aliphatic carbocycles. The van der Waals surface area contributed by atoms with E-state index in [9.17, 15) is 0 Å². The van der Waals surface area contributed by atoms with Crippen molar-refractivity contribution in [2.45, 2.75) is 32.9 Å². The van der Waals surface area contributed by atoms with Crippen LogP contribution in [0.3, 0.4) is 0 Å². The lowest BCUT2D eigenvalue weighted by Gasteiger charge is -2.20. The largest absolute Gasteiger partial charge is 0.384 e. The Morgan fingerprint density at radius 1 is 1.31 bits per heavy atom. The monoisotopic (exact) mass is 183 g/mol. The van der Waals surface area contributed by atoms with Crippen LogP contribution in [0, 0.1) is 0 Å². The zero-order chi connectivity index (χ0) is 10.2. The van der Waals surface area contributed by atoms with E-state index >= 15 is 0 Å². The van der Waals surface area contributed by atoms with Crippen molar-refractivity contribution < 1.29 is 0 Å². The Morgan fingerprint density at radius 2 is 1.85 bits per heavy atom. The topological polar surface area (TPSA) is 95.9 Å². The van der Waals surface area contributed by atoms with Crippen LogP contribution in [0.15, 0.2) is 0 Å². The maximum atomic E-state index is 5.84. The first-order valence-corrected chi connectivity index (χ1v) is 4.21. The second-order valence-corrected chi connectivity index (χ2v) is 4.04. The number of nitrogens with zero attached hydrogens (tertiary/aromatic N) is 2. The van der Waals surface area contributed by atoms with Crippen LogP contribution < -0.4 is 17.2 Å². The first kappa shape index (κ1) is 9.85. The Morgan fingerprint density at radius 3 is 2.08 bits per heavy atom. The van der Waals surface area contributed by atoms with E-state index in [1.54, 1.807) is 4.68 Å². The number of rotatable bonds is 1. The number of aromatic nitrogens is 2. The van der Waals surface area contributed by atoms with Gasteiger partial charge in [-0.15, -0.1) is 0 Å². The van der Waals surface area contributed by atoms with Gasteiger partial charge in [-0.1, -0.05) is 0 Å². The second-order valence-electron chi connectivity index (χ2n) is 4.04. The molecule has 6 N–H and O–H groups in total. The van der Waals surface area contributed by atoms with Crippen LogP contribution in [-0.2, 0) is 12.1 Å². The van der Waals surface area contributed by atoms with Gasteiger partial charge in [-0.25, -0.2) is 4.68 Å². The molecule has 0 aliphatic heterocycles. The summed E-state index contributed by atoms with van der Waals surface area (Å²) in [5.74, 6) is 0.988. The molecule has 0 saturated heterocycles. The van der Waals surface area contributed by atoms with Gasteiger partial charge >= 0.3 is 0 Å². The molecular weight excluding hydrogens is 166 g/mol. The number of anilines is 2. The third kappa shape index (κ3) is 1.60. The molecular formula is C8H17N5. The van der Waals surface area contributed by atoms with Crippen LogP contribution in [0.25, 0.3) is 0 Å². The normalized spacial score (nSPS) is 12.0. The van der Waals surface area contributed by atoms with Gasteiger partial charge in [0.2, 0.25) is 0 Å². The molecule has 0 unspecified atom stereocenters. The third-order valence-corrected chi connectivity index (χ3v) is 1.89. The van der Waals surface area contributed by atoms with Gasteiger partial charge in [0.1, 0.15) is 5.82 Å². The van der Waals surface area contributed by atoms with Crippen LogP contribution in [0.4, 0.5) is 11.6 Å². The van der Waals surface area contributed by atoms with Gasteiger partial charge in [0.05, 0.1) is 11.1 Å². The Balaban J connectivity index is 3.26. The van der Waals surface area contributed by atoms with E-state index in [0.29, 0.717) is 18.2 Å². The Kier molecular flexibility index (Phi) is 2.21. The summed E-state index contributed by atoms with van der Waals surface area (Å²) < 4.78 is 1.70. The lowest BCUT2D eigenvalue weighted by Crippen LogP contribution is -2.25. The van der Waals surface area contributed by atoms with Gasteiger partial charge in [0.25, 0.3) is 0 Å². The van der Waals surface area contributed by atoms with E-state index in [1.165, 1.54) is 0 Å². The SMILES string of the molecule is CC(C)(C)n1nc(N)c(CN)c1N. The molecule has 0 spiro atoms. The molecule has 1 aromatic heterocycles. The molecule has 1 aromatic rings. The summed E-state index contributed by atoms with van der Waals surface area (Å²) in [6, 6.07) is 0. The first-order valence-electron chi connectivity index (χ1n) is 4.21. The fourth-order valence-corrected chi connectivity index (χ4v) is 1.20. The zero-order valence-corrected chi connectivity index (χ0v) is 8.33. The molecule has 0 aliphatic rings. The van der Waals surface area contributed by atoms with Crippen molar-refractivity contribution in [2.75, 3.05) is 11.5 Å². The van der Waals surface area contributed by atoms with E-state index in [4.69, 9.17) is 17.2 Å². The maximum Gasteiger partial charge on any atom is 0.152 e. The van der Waals surface area contributed by atoms with Crippen molar-refractivity contribution in [1.29, 1.82) is 0 Å². The standard InChI is InChI=1S/C8H17N5/c1-8(2,3)13-7(11)5(4-9)6(10)12-13/h4,9,11H2,1-3H3,(H2,10,12). The lowest BCUT2D eigenvalue weighted by atomic mass is 10.1. The van der Waals surface area contributed by atoms with E-state index in [0.717, 1.165) is 5.56 Å². The molecule has 5 heteroatoms. The van der Waals surface area contributed by atoms with Crippen LogP contribution >= 0.6 is 0 Å². The van der Waals surface area contributed by atoms with Crippen LogP contribution in [0.2, 0.25) is 0 Å². The van der Waals surface area contributed by atoms with Gasteiger partial charge in [0, 0.05) is 6.54 Å². The fraction of sp³-hybridized carbons (Fsp3) is 0.625. The number of hydrogen-bond donors (Lipinski definition) is 3. The molecule has 0 radical (unpaired) electrons. The summed E-state index contributed by atoms with van der Waals surface area (Å²) in [7, 11) is 0. The van der Waals surface area contributed by atoms with Gasteiger partial charge in [-0.3, -0.25) is 0 Å². The molecule has 1 heterocycles. The molecule has 0 bridgehead atoms. The van der Waals surface area contributed by atoms with Crippen molar-refractivity contribution in [2.24, 2.45) is 5.73 Å². The fourth-order valence-electron chi connectivity index (χ4n) is 1.20. The average Bonchev–Trinajstić information content (AvgIpc) is 2.25. The molecule has 0 atom stereocenters. The third-order valence-electron chi connectivity index (χ3n) is 1.89. The molecule has 1 rings (SSSR count). The van der Waals surface area contributed by atoms with E-state index in [2.05, 4.69) is 5.10 Å². The predicted molar refractivity (Wildman–Crippen MR) is 53.9 cm³/mol. The quantitative estimate of drug-likeness (QED) is 0.582. The predicted octanol–water partition coefficient (Wildman–Crippen LogP) is 0.261. The van der Waals surface area contributed by atoms with Gasteiger partial charge in [-0.05, 0) is 20.8 Å². The van der Waals surface area contributed by atoms with Gasteiger partial charge < -0.3 is 17.2 Å². The van der Waals surface area contributed by atoms with E-state index in [-0.39, 0.29) is 5.54 Å². The molecule has 5 nitrogen and oxygen atoms in total. The summed E-state index contributed by atoms with van der Waals surface area (Å²) >= 11 is 0. The first-order chi connectivity index (χ1) is 5.88. The maximum absolute atomic E-state index is 5.84. The number of nitrogens with two attached hydrogens (primary N) is 3. The summed E-state index contributed by atoms with van der Waals surface area (Å²) in [5, 5.41) is 4.14. The van der Waals surface area contributed by atoms with Crippen molar-refractivity contribution in [3.05, 3.63) is 5.56 Å². The molecule has 13 heavy (non-hydrogen) atoms. The Bertz CT molecular complexity index is 307. The van der Waals surface area contributed by atoms with Crippen LogP contribution in [0.1, 0.15) is 26.3 Å². The molecule has 0 amide bonds. The minimum absolute atomic E-state index is 0.161. The minimum Gasteiger partial charge on any atom is -0.384 e. The Labute approximate surface area is 77.9 Å². The lowest BCUT2D eigenvalue weighted by molar-refractivity contribution is 0.362. The molecule has 0 aromatic carbocycles. The molecule has 0 saturated carbocycles. The smallest absolute Gasteiger partial charge is 0.152 e. The number of nitrogen functional groups attached to an aromatic ring is 2. The number of hydrogen-bond acceptors (Lipinski definition) is 4. The average molecular weight is 183 g/mol. The van der Waals surface area contributed by atoms with E-state index in [1.807, 2.05) is 20.8 Å². The van der Waals surface area contributed by atoms with E-state index < -0.39 is 0 Å². The zero-order valence-electron chi connectivity index (χ0n) is 8.33. The van der Waals surface area contributed by atoms with Crippen LogP contribution in [-0.4, -0.2) is 9.78 Å². The van der Waals surface area contributed by atoms with Crippen molar-refractivity contribution in [3.8, 4) is 0 Å². The minimum atomic E-state index is -0.161. The summed E-state index contributed by atoms with van der Waals surface area (Å²) in [5.41, 5.74) is 17.6. The highest BCUT2D eigenvalue weighted by Gasteiger charge is 2.21. The summed E-state index contributed by atoms with van der Waals surface area (Å²) in [6.45, 7) is 6.36. The van der Waals surface area contributed by atoms with Crippen molar-refractivity contribution in [1.82, 2.24) is 9.78 Å². The highest BCUT2D eigenvalue weighted by atomic mass is 15.4. The molecule has 74 valence electrons. The van der Waals surface area contributed by atoms with Gasteiger partial charge in [0.15, 0.2) is 5.82 Å². The van der Waals surface area contributed by atoms with Crippen molar-refractivity contribution >= 4 is 11.6 Å². The highest BCUT2D eigenvalue weighted by Crippen LogP contribution is 2.24. The Hall–Kier alpha value is -1.23. The van der Waals surface area contributed by atoms with Crippen molar-refractivity contribution in [3.63, 3.8) is 0 Å². The highest BCUT2D eigenvalue weighted by molar-refractivity contribution is 5.54. The summed E-state index contributed by atoms with van der Waals surface area (Å²) in [4.78, 5) is 0. The van der Waals surface area contributed by atoms with Crippen LogP contribution in [0.5, 0.6) is 0 Å². The summed E-state index contributed by atoms with van der Waals surface area (Å²) in [6.07, 6.45) is 0. The van der Waals surface area contributed by atoms with Gasteiger partial charge in [-0.2, -0.15) is 5.10 Å².